The van der Waals surface area contributed by atoms with Crippen molar-refractivity contribution in [2.75, 3.05) is 27.2 Å². The molecule has 2 N–H and O–H groups in total. The van der Waals surface area contributed by atoms with Crippen molar-refractivity contribution in [3.8, 4) is 0 Å². The molecule has 4 nitrogen and oxygen atoms in total. The van der Waals surface area contributed by atoms with E-state index in [1.807, 2.05) is 0 Å². The van der Waals surface area contributed by atoms with E-state index in [9.17, 15) is 0 Å². The van der Waals surface area contributed by atoms with Crippen LogP contribution >= 0.6 is 0 Å². The third-order valence-corrected chi connectivity index (χ3v) is 5.09. The van der Waals surface area contributed by atoms with Gasteiger partial charge in [-0.1, -0.05) is 54.6 Å². The van der Waals surface area contributed by atoms with Gasteiger partial charge in [0.05, 0.1) is 6.54 Å². The van der Waals surface area contributed by atoms with E-state index < -0.39 is 0 Å². The maximum atomic E-state index is 4.81. The molecular formula is C23H32N4. The van der Waals surface area contributed by atoms with Crippen LogP contribution in [0.15, 0.2) is 59.6 Å². The predicted octanol–water partition coefficient (Wildman–Crippen LogP) is 3.54. The number of guanidine groups is 1. The molecule has 1 fully saturated rings. The first-order valence-corrected chi connectivity index (χ1v) is 9.91. The Morgan fingerprint density at radius 3 is 2.41 bits per heavy atom. The van der Waals surface area contributed by atoms with Crippen molar-refractivity contribution >= 4 is 5.96 Å². The van der Waals surface area contributed by atoms with Gasteiger partial charge in [-0.2, -0.15) is 0 Å². The number of nitrogens with zero attached hydrogens (tertiary/aromatic N) is 2. The molecule has 4 heteroatoms. The molecule has 0 unspecified atom stereocenters. The molecule has 0 heterocycles. The highest BCUT2D eigenvalue weighted by atomic mass is 15.2. The van der Waals surface area contributed by atoms with E-state index in [-0.39, 0.29) is 5.41 Å². The number of nitrogens with one attached hydrogen (secondary N) is 2. The largest absolute Gasteiger partial charge is 0.357 e. The van der Waals surface area contributed by atoms with Crippen molar-refractivity contribution in [3.63, 3.8) is 0 Å². The van der Waals surface area contributed by atoms with Gasteiger partial charge in [0, 0.05) is 25.0 Å². The minimum atomic E-state index is 0.281. The molecule has 3 rings (SSSR count). The molecule has 0 atom stereocenters. The van der Waals surface area contributed by atoms with Crippen LogP contribution in [0.2, 0.25) is 0 Å². The first-order valence-electron chi connectivity index (χ1n) is 9.91. The van der Waals surface area contributed by atoms with Crippen LogP contribution in [0.5, 0.6) is 0 Å². The third-order valence-electron chi connectivity index (χ3n) is 5.09. The smallest absolute Gasteiger partial charge is 0.191 e. The topological polar surface area (TPSA) is 39.7 Å². The first-order chi connectivity index (χ1) is 13.1. The molecule has 0 bridgehead atoms. The Morgan fingerprint density at radius 2 is 1.74 bits per heavy atom. The third kappa shape index (κ3) is 5.57. The molecule has 27 heavy (non-hydrogen) atoms. The van der Waals surface area contributed by atoms with Gasteiger partial charge in [0.1, 0.15) is 0 Å². The van der Waals surface area contributed by atoms with E-state index in [0.717, 1.165) is 25.6 Å². The van der Waals surface area contributed by atoms with E-state index in [2.05, 4.69) is 91.1 Å². The lowest BCUT2D eigenvalue weighted by atomic mass is 9.96. The van der Waals surface area contributed by atoms with Crippen LogP contribution in [0.25, 0.3) is 0 Å². The Morgan fingerprint density at radius 1 is 1.00 bits per heavy atom. The summed E-state index contributed by atoms with van der Waals surface area (Å²) in [6, 6.07) is 19.5. The second-order valence-corrected chi connectivity index (χ2v) is 7.75. The zero-order chi connectivity index (χ0) is 19.1. The molecule has 1 aliphatic carbocycles. The van der Waals surface area contributed by atoms with Crippen LogP contribution in [0.4, 0.5) is 0 Å². The van der Waals surface area contributed by atoms with Crippen molar-refractivity contribution in [1.82, 2.24) is 15.5 Å². The fourth-order valence-corrected chi connectivity index (χ4v) is 3.47. The van der Waals surface area contributed by atoms with Crippen LogP contribution in [0, 0.1) is 0 Å². The summed E-state index contributed by atoms with van der Waals surface area (Å²) in [5.74, 6) is 0.901. The number of aliphatic imine (C=N–C) groups is 1. The van der Waals surface area contributed by atoms with Crippen molar-refractivity contribution in [2.24, 2.45) is 4.99 Å². The normalized spacial score (nSPS) is 15.6. The summed E-state index contributed by atoms with van der Waals surface area (Å²) in [6.45, 7) is 5.55. The number of hydrogen-bond donors (Lipinski definition) is 2. The Bertz CT molecular complexity index is 748. The summed E-state index contributed by atoms with van der Waals surface area (Å²) in [4.78, 5) is 7.00. The fraction of sp³-hybridized carbons (Fsp3) is 0.435. The Labute approximate surface area is 163 Å². The van der Waals surface area contributed by atoms with Crippen LogP contribution in [0.1, 0.15) is 36.5 Å². The SMILES string of the molecule is CCNC(=NCc1cccc(CN(C)C)c1)NCC1(c2ccccc2)CC1. The average Bonchev–Trinajstić information content (AvgIpc) is 3.46. The van der Waals surface area contributed by atoms with Gasteiger partial charge < -0.3 is 15.5 Å². The van der Waals surface area contributed by atoms with Gasteiger partial charge in [0.2, 0.25) is 0 Å². The van der Waals surface area contributed by atoms with Gasteiger partial charge in [0.15, 0.2) is 5.96 Å². The second-order valence-electron chi connectivity index (χ2n) is 7.75. The molecule has 0 aliphatic heterocycles. The lowest BCUT2D eigenvalue weighted by Gasteiger charge is -2.19. The number of rotatable bonds is 8. The van der Waals surface area contributed by atoms with Gasteiger partial charge in [0.25, 0.3) is 0 Å². The lowest BCUT2D eigenvalue weighted by molar-refractivity contribution is 0.402. The quantitative estimate of drug-likeness (QED) is 0.556. The van der Waals surface area contributed by atoms with Crippen LogP contribution < -0.4 is 10.6 Å². The van der Waals surface area contributed by atoms with Crippen LogP contribution in [-0.4, -0.2) is 38.0 Å². The van der Waals surface area contributed by atoms with Gasteiger partial charge in [-0.15, -0.1) is 0 Å². The summed E-state index contributed by atoms with van der Waals surface area (Å²) in [7, 11) is 4.19. The Balaban J connectivity index is 1.62. The summed E-state index contributed by atoms with van der Waals surface area (Å²) < 4.78 is 0. The Hall–Kier alpha value is -2.33. The van der Waals surface area contributed by atoms with Gasteiger partial charge >= 0.3 is 0 Å². The lowest BCUT2D eigenvalue weighted by Crippen LogP contribution is -2.41. The maximum Gasteiger partial charge on any atom is 0.191 e. The molecule has 0 radical (unpaired) electrons. The number of hydrogen-bond acceptors (Lipinski definition) is 2. The molecular weight excluding hydrogens is 332 g/mol. The van der Waals surface area contributed by atoms with Gasteiger partial charge in [-0.3, -0.25) is 0 Å². The molecule has 0 amide bonds. The first kappa shape index (κ1) is 19.4. The number of benzene rings is 2. The van der Waals surface area contributed by atoms with Gasteiger partial charge in [-0.05, 0) is 50.6 Å². The second kappa shape index (κ2) is 9.05. The molecule has 144 valence electrons. The zero-order valence-electron chi connectivity index (χ0n) is 16.8. The summed E-state index contributed by atoms with van der Waals surface area (Å²) in [5.41, 5.74) is 4.29. The summed E-state index contributed by atoms with van der Waals surface area (Å²) in [6.07, 6.45) is 2.49. The highest BCUT2D eigenvalue weighted by molar-refractivity contribution is 5.80. The highest BCUT2D eigenvalue weighted by Crippen LogP contribution is 2.47. The highest BCUT2D eigenvalue weighted by Gasteiger charge is 2.43. The van der Waals surface area contributed by atoms with Crippen molar-refractivity contribution in [2.45, 2.75) is 38.3 Å². The van der Waals surface area contributed by atoms with E-state index in [4.69, 9.17) is 4.99 Å². The minimum Gasteiger partial charge on any atom is -0.357 e. The monoisotopic (exact) mass is 364 g/mol. The van der Waals surface area contributed by atoms with E-state index in [1.54, 1.807) is 0 Å². The van der Waals surface area contributed by atoms with Crippen molar-refractivity contribution in [3.05, 3.63) is 71.3 Å². The summed E-state index contributed by atoms with van der Waals surface area (Å²) in [5, 5.41) is 6.95. The molecule has 1 saturated carbocycles. The van der Waals surface area contributed by atoms with Gasteiger partial charge in [-0.25, -0.2) is 4.99 Å². The Kier molecular flexibility index (Phi) is 6.51. The standard InChI is InChI=1S/C23H32N4/c1-4-24-22(25-16-19-9-8-10-20(15-19)17-27(2)3)26-18-23(13-14-23)21-11-6-5-7-12-21/h5-12,15H,4,13-14,16-18H2,1-3H3,(H2,24,25,26). The van der Waals surface area contributed by atoms with E-state index in [0.29, 0.717) is 6.54 Å². The van der Waals surface area contributed by atoms with Crippen molar-refractivity contribution in [1.29, 1.82) is 0 Å². The van der Waals surface area contributed by atoms with Crippen LogP contribution in [0.3, 0.4) is 0 Å². The minimum absolute atomic E-state index is 0.281. The average molecular weight is 365 g/mol. The predicted molar refractivity (Wildman–Crippen MR) is 114 cm³/mol. The van der Waals surface area contributed by atoms with E-state index in [1.165, 1.54) is 29.5 Å². The molecule has 2 aromatic carbocycles. The molecule has 0 saturated heterocycles. The molecule has 1 aliphatic rings. The molecule has 2 aromatic rings. The molecule has 0 aromatic heterocycles. The maximum absolute atomic E-state index is 4.81. The van der Waals surface area contributed by atoms with Crippen molar-refractivity contribution < 1.29 is 0 Å². The fourth-order valence-electron chi connectivity index (χ4n) is 3.47. The summed E-state index contributed by atoms with van der Waals surface area (Å²) >= 11 is 0. The van der Waals surface area contributed by atoms with E-state index >= 15 is 0 Å². The van der Waals surface area contributed by atoms with Crippen LogP contribution in [-0.2, 0) is 18.5 Å². The molecule has 0 spiro atoms. The zero-order valence-corrected chi connectivity index (χ0v) is 16.8.